The van der Waals surface area contributed by atoms with Gasteiger partial charge < -0.3 is 0 Å². The van der Waals surface area contributed by atoms with Crippen molar-refractivity contribution >= 4 is 10.2 Å². The van der Waals surface area contributed by atoms with E-state index in [-0.39, 0.29) is 6.04 Å². The lowest BCUT2D eigenvalue weighted by Gasteiger charge is -2.34. The first-order valence-corrected chi connectivity index (χ1v) is 9.80. The van der Waals surface area contributed by atoms with Gasteiger partial charge in [0.2, 0.25) is 0 Å². The number of aryl methyl sites for hydroxylation is 2. The maximum Gasteiger partial charge on any atom is 0.279 e. The monoisotopic (exact) mass is 342 g/mol. The van der Waals surface area contributed by atoms with Gasteiger partial charge in [0.25, 0.3) is 10.2 Å². The predicted octanol–water partition coefficient (Wildman–Crippen LogP) is 1.78. The minimum atomic E-state index is -3.43. The molecule has 132 valence electrons. The summed E-state index contributed by atoms with van der Waals surface area (Å²) in [6, 6.07) is -0.158. The summed E-state index contributed by atoms with van der Waals surface area (Å²) in [7, 11) is -1.52. The van der Waals surface area contributed by atoms with E-state index >= 15 is 0 Å². The highest BCUT2D eigenvalue weighted by Gasteiger charge is 2.31. The first-order chi connectivity index (χ1) is 10.6. The molecule has 1 aliphatic rings. The van der Waals surface area contributed by atoms with Crippen molar-refractivity contribution in [1.29, 1.82) is 0 Å². The van der Waals surface area contributed by atoms with E-state index in [4.69, 9.17) is 0 Å². The molecule has 1 fully saturated rings. The number of hydrogen-bond acceptors (Lipinski definition) is 3. The number of nitrogens with zero attached hydrogens (tertiary/aromatic N) is 3. The number of aromatic nitrogens is 2. The van der Waals surface area contributed by atoms with Crippen molar-refractivity contribution in [2.75, 3.05) is 13.1 Å². The Hall–Kier alpha value is -0.920. The van der Waals surface area contributed by atoms with Crippen LogP contribution in [0.2, 0.25) is 0 Å². The molecule has 0 saturated carbocycles. The molecule has 0 bridgehead atoms. The second-order valence-electron chi connectivity index (χ2n) is 7.26. The van der Waals surface area contributed by atoms with Gasteiger partial charge in [0, 0.05) is 31.9 Å². The molecule has 0 spiro atoms. The molecule has 1 aromatic heterocycles. The Morgan fingerprint density at radius 3 is 2.30 bits per heavy atom. The molecule has 1 aromatic rings. The van der Waals surface area contributed by atoms with Crippen molar-refractivity contribution in [1.82, 2.24) is 18.8 Å². The average molecular weight is 343 g/mol. The molecule has 1 N–H and O–H groups in total. The smallest absolute Gasteiger partial charge is 0.272 e. The molecular weight excluding hydrogens is 312 g/mol. The van der Waals surface area contributed by atoms with Gasteiger partial charge in [-0.25, -0.2) is 0 Å². The Morgan fingerprint density at radius 1 is 1.26 bits per heavy atom. The topological polar surface area (TPSA) is 67.2 Å². The summed E-state index contributed by atoms with van der Waals surface area (Å²) in [5, 5.41) is 4.40. The van der Waals surface area contributed by atoms with E-state index in [0.717, 1.165) is 23.4 Å². The van der Waals surface area contributed by atoms with Crippen LogP contribution in [-0.4, -0.2) is 41.6 Å². The lowest BCUT2D eigenvalue weighted by Crippen LogP contribution is -2.50. The van der Waals surface area contributed by atoms with Gasteiger partial charge in [0.15, 0.2) is 0 Å². The molecule has 2 rings (SSSR count). The Bertz CT molecular complexity index is 643. The first-order valence-electron chi connectivity index (χ1n) is 8.36. The van der Waals surface area contributed by atoms with Crippen LogP contribution in [0.1, 0.15) is 44.1 Å². The van der Waals surface area contributed by atoms with Crippen LogP contribution in [0, 0.1) is 25.7 Å². The maximum absolute atomic E-state index is 12.6. The quantitative estimate of drug-likeness (QED) is 0.887. The highest BCUT2D eigenvalue weighted by Crippen LogP contribution is 2.23. The third-order valence-corrected chi connectivity index (χ3v) is 6.37. The van der Waals surface area contributed by atoms with Crippen LogP contribution >= 0.6 is 0 Å². The number of rotatable bonds is 5. The predicted molar refractivity (Wildman–Crippen MR) is 92.4 cm³/mol. The number of nitrogens with one attached hydrogen (secondary N) is 1. The number of piperidine rings is 1. The van der Waals surface area contributed by atoms with Gasteiger partial charge in [-0.15, -0.1) is 0 Å². The summed E-state index contributed by atoms with van der Waals surface area (Å²) in [5.74, 6) is 0.821. The molecule has 1 aliphatic heterocycles. The summed E-state index contributed by atoms with van der Waals surface area (Å²) >= 11 is 0. The van der Waals surface area contributed by atoms with Crippen LogP contribution in [0.25, 0.3) is 0 Å². The van der Waals surface area contributed by atoms with Gasteiger partial charge in [-0.3, -0.25) is 4.68 Å². The lowest BCUT2D eigenvalue weighted by atomic mass is 9.94. The molecule has 3 atom stereocenters. The van der Waals surface area contributed by atoms with Gasteiger partial charge in [-0.1, -0.05) is 13.8 Å². The largest absolute Gasteiger partial charge is 0.279 e. The second kappa shape index (κ2) is 6.91. The SMILES string of the molecule is Cc1nn(C)c(C)c1C[C@H](C)NS(=O)(=O)N1C[C@H](C)C[C@H](C)C1. The summed E-state index contributed by atoms with van der Waals surface area (Å²) < 4.78 is 31.6. The molecule has 0 amide bonds. The fraction of sp³-hybridized carbons (Fsp3) is 0.812. The molecule has 0 aliphatic carbocycles. The molecule has 1 saturated heterocycles. The molecule has 2 heterocycles. The van der Waals surface area contributed by atoms with E-state index in [1.807, 2.05) is 32.5 Å². The first kappa shape index (κ1) is 18.4. The van der Waals surface area contributed by atoms with E-state index in [9.17, 15) is 8.42 Å². The third-order valence-electron chi connectivity index (χ3n) is 4.69. The zero-order chi connectivity index (χ0) is 17.4. The lowest BCUT2D eigenvalue weighted by molar-refractivity contribution is 0.220. The fourth-order valence-electron chi connectivity index (χ4n) is 3.59. The van der Waals surface area contributed by atoms with Crippen molar-refractivity contribution in [3.63, 3.8) is 0 Å². The van der Waals surface area contributed by atoms with Crippen molar-refractivity contribution in [3.05, 3.63) is 17.0 Å². The van der Waals surface area contributed by atoms with Crippen LogP contribution in [-0.2, 0) is 23.7 Å². The standard InChI is InChI=1S/C16H30N4O2S/c1-11-7-12(2)10-20(9-11)23(21,22)18-13(3)8-16-14(4)17-19(6)15(16)5/h11-13,18H,7-10H2,1-6H3/t11-,12+,13-/m0/s1. The molecule has 0 radical (unpaired) electrons. The Kier molecular flexibility index (Phi) is 5.53. The van der Waals surface area contributed by atoms with Crippen LogP contribution in [0.4, 0.5) is 0 Å². The Balaban J connectivity index is 2.05. The number of hydrogen-bond donors (Lipinski definition) is 1. The zero-order valence-corrected chi connectivity index (χ0v) is 15.9. The molecule has 23 heavy (non-hydrogen) atoms. The van der Waals surface area contributed by atoms with Crippen molar-refractivity contribution < 1.29 is 8.42 Å². The van der Waals surface area contributed by atoms with Crippen LogP contribution < -0.4 is 4.72 Å². The molecule has 7 heteroatoms. The Morgan fingerprint density at radius 2 is 1.83 bits per heavy atom. The summed E-state index contributed by atoms with van der Waals surface area (Å²) in [5.41, 5.74) is 3.19. The highest BCUT2D eigenvalue weighted by atomic mass is 32.2. The van der Waals surface area contributed by atoms with Crippen LogP contribution in [0.15, 0.2) is 0 Å². The van der Waals surface area contributed by atoms with Gasteiger partial charge in [0.05, 0.1) is 5.69 Å². The third kappa shape index (κ3) is 4.33. The van der Waals surface area contributed by atoms with E-state index in [1.54, 1.807) is 4.31 Å². The van der Waals surface area contributed by atoms with Crippen LogP contribution in [0.5, 0.6) is 0 Å². The van der Waals surface area contributed by atoms with Crippen molar-refractivity contribution in [2.45, 2.75) is 53.5 Å². The van der Waals surface area contributed by atoms with Crippen molar-refractivity contribution in [2.24, 2.45) is 18.9 Å². The van der Waals surface area contributed by atoms with Gasteiger partial charge in [-0.05, 0) is 51.0 Å². The second-order valence-corrected chi connectivity index (χ2v) is 8.97. The fourth-order valence-corrected chi connectivity index (χ4v) is 5.23. The molecular formula is C16H30N4O2S. The zero-order valence-electron chi connectivity index (χ0n) is 15.1. The maximum atomic E-state index is 12.6. The van der Waals surface area contributed by atoms with Crippen molar-refractivity contribution in [3.8, 4) is 0 Å². The minimum absolute atomic E-state index is 0.158. The molecule has 0 aromatic carbocycles. The molecule has 6 nitrogen and oxygen atoms in total. The average Bonchev–Trinajstić information content (AvgIpc) is 2.63. The van der Waals surface area contributed by atoms with Gasteiger partial charge >= 0.3 is 0 Å². The highest BCUT2D eigenvalue weighted by molar-refractivity contribution is 7.87. The van der Waals surface area contributed by atoms with E-state index in [2.05, 4.69) is 23.7 Å². The van der Waals surface area contributed by atoms with Gasteiger partial charge in [0.1, 0.15) is 0 Å². The Labute approximate surface area is 140 Å². The summed E-state index contributed by atoms with van der Waals surface area (Å²) in [6.07, 6.45) is 1.75. The summed E-state index contributed by atoms with van der Waals surface area (Å²) in [4.78, 5) is 0. The van der Waals surface area contributed by atoms with E-state index < -0.39 is 10.2 Å². The van der Waals surface area contributed by atoms with E-state index in [1.165, 1.54) is 0 Å². The van der Waals surface area contributed by atoms with Gasteiger partial charge in [-0.2, -0.15) is 22.5 Å². The van der Waals surface area contributed by atoms with Crippen LogP contribution in [0.3, 0.4) is 0 Å². The summed E-state index contributed by atoms with van der Waals surface area (Å²) in [6.45, 7) is 11.4. The normalized spacial score (nSPS) is 24.8. The molecule has 0 unspecified atom stereocenters. The van der Waals surface area contributed by atoms with E-state index in [0.29, 0.717) is 31.3 Å². The minimum Gasteiger partial charge on any atom is -0.272 e.